The van der Waals surface area contributed by atoms with Crippen LogP contribution < -0.4 is 5.73 Å². The average Bonchev–Trinajstić information content (AvgIpc) is 2.81. The highest BCUT2D eigenvalue weighted by atomic mass is 32.1. The van der Waals surface area contributed by atoms with E-state index in [0.717, 1.165) is 19.4 Å². The summed E-state index contributed by atoms with van der Waals surface area (Å²) < 4.78 is 0. The molecule has 4 heteroatoms. The lowest BCUT2D eigenvalue weighted by atomic mass is 9.86. The van der Waals surface area contributed by atoms with Crippen molar-refractivity contribution in [3.63, 3.8) is 0 Å². The zero-order chi connectivity index (χ0) is 13.9. The van der Waals surface area contributed by atoms with E-state index in [0.29, 0.717) is 5.84 Å². The molecule has 0 saturated heterocycles. The summed E-state index contributed by atoms with van der Waals surface area (Å²) in [5.74, 6) is 0.313. The van der Waals surface area contributed by atoms with E-state index in [-0.39, 0.29) is 5.41 Å². The smallest absolute Gasteiger partial charge is 0.0963 e. The molecular formula is C15H25N3S. The molecule has 0 radical (unpaired) electrons. The van der Waals surface area contributed by atoms with Gasteiger partial charge in [-0.1, -0.05) is 20.3 Å². The number of hydrogen-bond acceptors (Lipinski definition) is 3. The Balaban J connectivity index is 1.69. The normalized spacial score (nSPS) is 16.3. The molecule has 1 aliphatic rings. The Labute approximate surface area is 120 Å². The first-order valence-electron chi connectivity index (χ1n) is 7.11. The van der Waals surface area contributed by atoms with Crippen molar-refractivity contribution in [1.82, 2.24) is 4.90 Å². The van der Waals surface area contributed by atoms with E-state index in [9.17, 15) is 0 Å². The number of fused-ring (bicyclic) bond motifs is 1. The Morgan fingerprint density at radius 3 is 3.00 bits per heavy atom. The van der Waals surface area contributed by atoms with Crippen LogP contribution in [-0.2, 0) is 13.0 Å². The molecule has 1 aliphatic heterocycles. The molecule has 0 spiro atoms. The van der Waals surface area contributed by atoms with E-state index in [1.54, 1.807) is 4.88 Å². The van der Waals surface area contributed by atoms with Gasteiger partial charge in [-0.05, 0) is 42.8 Å². The van der Waals surface area contributed by atoms with Crippen LogP contribution in [0.5, 0.6) is 0 Å². The van der Waals surface area contributed by atoms with Gasteiger partial charge in [-0.25, -0.2) is 0 Å². The van der Waals surface area contributed by atoms with Crippen LogP contribution in [0.4, 0.5) is 0 Å². The Morgan fingerprint density at radius 1 is 1.47 bits per heavy atom. The van der Waals surface area contributed by atoms with Gasteiger partial charge in [0.25, 0.3) is 0 Å². The van der Waals surface area contributed by atoms with E-state index >= 15 is 0 Å². The lowest BCUT2D eigenvalue weighted by Crippen LogP contribution is -2.32. The fraction of sp³-hybridized carbons (Fsp3) is 0.667. The molecule has 1 aromatic heterocycles. The Hall–Kier alpha value is -0.870. The maximum absolute atomic E-state index is 7.56. The van der Waals surface area contributed by atoms with Crippen LogP contribution >= 0.6 is 11.3 Å². The second-order valence-electron chi connectivity index (χ2n) is 6.15. The third-order valence-electron chi connectivity index (χ3n) is 4.14. The van der Waals surface area contributed by atoms with Gasteiger partial charge in [0.2, 0.25) is 0 Å². The predicted octanol–water partition coefficient (Wildman–Crippen LogP) is 3.24. The SMILES string of the molecule is CC(C)(CCCCN1CCc2sccc2C1)C(=N)N. The quantitative estimate of drug-likeness (QED) is 0.477. The van der Waals surface area contributed by atoms with Crippen LogP contribution in [0.2, 0.25) is 0 Å². The minimum Gasteiger partial charge on any atom is -0.387 e. The van der Waals surface area contributed by atoms with E-state index in [1.807, 2.05) is 11.3 Å². The van der Waals surface area contributed by atoms with Crippen LogP contribution in [0.3, 0.4) is 0 Å². The zero-order valence-electron chi connectivity index (χ0n) is 12.0. The molecule has 0 atom stereocenters. The van der Waals surface area contributed by atoms with Crippen molar-refractivity contribution < 1.29 is 0 Å². The molecule has 2 heterocycles. The van der Waals surface area contributed by atoms with Crippen molar-refractivity contribution in [3.05, 3.63) is 21.9 Å². The monoisotopic (exact) mass is 279 g/mol. The summed E-state index contributed by atoms with van der Waals surface area (Å²) in [6.45, 7) is 7.61. The lowest BCUT2D eigenvalue weighted by molar-refractivity contribution is 0.246. The number of nitrogens with zero attached hydrogens (tertiary/aromatic N) is 1. The third kappa shape index (κ3) is 3.80. The summed E-state index contributed by atoms with van der Waals surface area (Å²) >= 11 is 1.90. The number of amidine groups is 1. The summed E-state index contributed by atoms with van der Waals surface area (Å²) in [5, 5.41) is 9.77. The van der Waals surface area contributed by atoms with Gasteiger partial charge >= 0.3 is 0 Å². The summed E-state index contributed by atoms with van der Waals surface area (Å²) in [7, 11) is 0. The van der Waals surface area contributed by atoms with Crippen molar-refractivity contribution >= 4 is 17.2 Å². The summed E-state index contributed by atoms with van der Waals surface area (Å²) in [6.07, 6.45) is 4.58. The molecule has 0 saturated carbocycles. The molecular weight excluding hydrogens is 254 g/mol. The van der Waals surface area contributed by atoms with Gasteiger partial charge in [-0.2, -0.15) is 0 Å². The van der Waals surface area contributed by atoms with Crippen molar-refractivity contribution in [2.75, 3.05) is 13.1 Å². The summed E-state index contributed by atoms with van der Waals surface area (Å²) in [6, 6.07) is 2.27. The zero-order valence-corrected chi connectivity index (χ0v) is 12.9. The highest BCUT2D eigenvalue weighted by Gasteiger charge is 2.21. The molecule has 0 unspecified atom stereocenters. The van der Waals surface area contributed by atoms with Gasteiger partial charge in [0.1, 0.15) is 0 Å². The second kappa shape index (κ2) is 6.06. The highest BCUT2D eigenvalue weighted by Crippen LogP contribution is 2.25. The molecule has 0 aromatic carbocycles. The van der Waals surface area contributed by atoms with Crippen molar-refractivity contribution in [3.8, 4) is 0 Å². The predicted molar refractivity (Wildman–Crippen MR) is 82.8 cm³/mol. The summed E-state index contributed by atoms with van der Waals surface area (Å²) in [4.78, 5) is 4.13. The maximum Gasteiger partial charge on any atom is 0.0963 e. The topological polar surface area (TPSA) is 53.1 Å². The van der Waals surface area contributed by atoms with Crippen molar-refractivity contribution in [2.24, 2.45) is 11.1 Å². The standard InChI is InChI=1S/C15H25N3S/c1-15(2,14(16)17)7-3-4-8-18-9-5-13-12(11-18)6-10-19-13/h6,10H,3-5,7-9,11H2,1-2H3,(H3,16,17). The Kier molecular flexibility index (Phi) is 4.63. The molecule has 106 valence electrons. The van der Waals surface area contributed by atoms with Gasteiger partial charge in [-0.3, -0.25) is 10.3 Å². The maximum atomic E-state index is 7.56. The molecule has 1 aromatic rings. The van der Waals surface area contributed by atoms with Crippen LogP contribution in [-0.4, -0.2) is 23.8 Å². The minimum atomic E-state index is -0.136. The van der Waals surface area contributed by atoms with Gasteiger partial charge in [0, 0.05) is 23.4 Å². The van der Waals surface area contributed by atoms with Crippen LogP contribution in [0, 0.1) is 10.8 Å². The first-order chi connectivity index (χ1) is 8.99. The number of hydrogen-bond donors (Lipinski definition) is 2. The lowest BCUT2D eigenvalue weighted by Gasteiger charge is -2.27. The van der Waals surface area contributed by atoms with E-state index < -0.39 is 0 Å². The molecule has 0 aliphatic carbocycles. The fourth-order valence-electron chi connectivity index (χ4n) is 2.53. The summed E-state index contributed by atoms with van der Waals surface area (Å²) in [5.41, 5.74) is 7.00. The average molecular weight is 279 g/mol. The first-order valence-corrected chi connectivity index (χ1v) is 7.99. The van der Waals surface area contributed by atoms with Crippen LogP contribution in [0.15, 0.2) is 11.4 Å². The number of unbranched alkanes of at least 4 members (excludes halogenated alkanes) is 1. The Bertz CT molecular complexity index is 436. The molecule has 19 heavy (non-hydrogen) atoms. The molecule has 3 nitrogen and oxygen atoms in total. The Morgan fingerprint density at radius 2 is 2.26 bits per heavy atom. The largest absolute Gasteiger partial charge is 0.387 e. The molecule has 3 N–H and O–H groups in total. The molecule has 0 amide bonds. The van der Waals surface area contributed by atoms with E-state index in [4.69, 9.17) is 11.1 Å². The van der Waals surface area contributed by atoms with Gasteiger partial charge < -0.3 is 5.73 Å². The van der Waals surface area contributed by atoms with Crippen molar-refractivity contribution in [1.29, 1.82) is 5.41 Å². The van der Waals surface area contributed by atoms with Gasteiger partial charge in [-0.15, -0.1) is 11.3 Å². The van der Waals surface area contributed by atoms with Crippen molar-refractivity contribution in [2.45, 2.75) is 46.1 Å². The van der Waals surface area contributed by atoms with Gasteiger partial charge in [0.05, 0.1) is 5.84 Å². The van der Waals surface area contributed by atoms with Gasteiger partial charge in [0.15, 0.2) is 0 Å². The second-order valence-corrected chi connectivity index (χ2v) is 7.15. The van der Waals surface area contributed by atoms with Crippen LogP contribution in [0.1, 0.15) is 43.6 Å². The number of nitrogens with one attached hydrogen (secondary N) is 1. The number of nitrogens with two attached hydrogens (primary N) is 1. The molecule has 2 rings (SSSR count). The number of thiophene rings is 1. The third-order valence-corrected chi connectivity index (χ3v) is 5.16. The fourth-order valence-corrected chi connectivity index (χ4v) is 3.42. The van der Waals surface area contributed by atoms with Crippen LogP contribution in [0.25, 0.3) is 0 Å². The minimum absolute atomic E-state index is 0.136. The highest BCUT2D eigenvalue weighted by molar-refractivity contribution is 7.10. The van der Waals surface area contributed by atoms with E-state index in [2.05, 4.69) is 30.2 Å². The number of rotatable bonds is 6. The molecule has 0 bridgehead atoms. The van der Waals surface area contributed by atoms with E-state index in [1.165, 1.54) is 31.5 Å². The first kappa shape index (κ1) is 14.5. The molecule has 0 fully saturated rings.